The fourth-order valence-electron chi connectivity index (χ4n) is 4.42. The van der Waals surface area contributed by atoms with Crippen molar-refractivity contribution in [3.8, 4) is 5.75 Å². The van der Waals surface area contributed by atoms with Crippen molar-refractivity contribution >= 4 is 15.7 Å². The molecule has 2 aliphatic heterocycles. The minimum Gasteiger partial charge on any atom is -0.496 e. The van der Waals surface area contributed by atoms with Crippen LogP contribution in [0.3, 0.4) is 0 Å². The Morgan fingerprint density at radius 3 is 2.65 bits per heavy atom. The van der Waals surface area contributed by atoms with Gasteiger partial charge in [-0.3, -0.25) is 4.90 Å². The van der Waals surface area contributed by atoms with Crippen molar-refractivity contribution in [2.75, 3.05) is 32.1 Å². The molecule has 2 N–H and O–H groups in total. The van der Waals surface area contributed by atoms with Gasteiger partial charge in [0.1, 0.15) is 10.6 Å². The van der Waals surface area contributed by atoms with Crippen LogP contribution < -0.4 is 14.8 Å². The van der Waals surface area contributed by atoms with E-state index in [2.05, 4.69) is 27.1 Å². The predicted molar refractivity (Wildman–Crippen MR) is 120 cm³/mol. The van der Waals surface area contributed by atoms with Crippen molar-refractivity contribution in [3.05, 3.63) is 53.6 Å². The van der Waals surface area contributed by atoms with Gasteiger partial charge in [0.2, 0.25) is 10.0 Å². The van der Waals surface area contributed by atoms with E-state index in [4.69, 9.17) is 9.47 Å². The van der Waals surface area contributed by atoms with E-state index in [1.165, 1.54) is 5.56 Å². The van der Waals surface area contributed by atoms with Crippen molar-refractivity contribution in [1.82, 2.24) is 9.62 Å². The van der Waals surface area contributed by atoms with E-state index in [0.29, 0.717) is 23.8 Å². The Hall–Kier alpha value is -2.13. The smallest absolute Gasteiger partial charge is 0.244 e. The highest BCUT2D eigenvalue weighted by molar-refractivity contribution is 7.89. The molecule has 2 aromatic rings. The Morgan fingerprint density at radius 2 is 1.90 bits per heavy atom. The van der Waals surface area contributed by atoms with Crippen molar-refractivity contribution < 1.29 is 17.9 Å². The van der Waals surface area contributed by atoms with Gasteiger partial charge in [0.05, 0.1) is 25.6 Å². The Morgan fingerprint density at radius 1 is 1.13 bits per heavy atom. The third-order valence-electron chi connectivity index (χ3n) is 6.09. The summed E-state index contributed by atoms with van der Waals surface area (Å²) in [6, 6.07) is 13.4. The van der Waals surface area contributed by atoms with E-state index in [9.17, 15) is 8.42 Å². The number of methoxy groups -OCH3 is 1. The van der Waals surface area contributed by atoms with Gasteiger partial charge >= 0.3 is 0 Å². The van der Waals surface area contributed by atoms with Crippen LogP contribution in [0.25, 0.3) is 0 Å². The molecule has 0 aliphatic carbocycles. The molecule has 0 radical (unpaired) electrons. The topological polar surface area (TPSA) is 79.9 Å². The number of piperidine rings is 1. The maximum absolute atomic E-state index is 12.6. The molecule has 7 nitrogen and oxygen atoms in total. The fraction of sp³-hybridized carbons (Fsp3) is 0.478. The first-order valence-corrected chi connectivity index (χ1v) is 12.3. The number of para-hydroxylation sites is 1. The molecule has 8 heteroatoms. The van der Waals surface area contributed by atoms with E-state index >= 15 is 0 Å². The summed E-state index contributed by atoms with van der Waals surface area (Å²) in [6.45, 7) is 5.93. The van der Waals surface area contributed by atoms with Crippen LogP contribution in [-0.2, 0) is 27.9 Å². The number of likely N-dealkylation sites (tertiary alicyclic amines) is 1. The Bertz CT molecular complexity index is 1000. The number of nitrogens with one attached hydrogen (secondary N) is 2. The molecule has 0 spiro atoms. The lowest BCUT2D eigenvalue weighted by molar-refractivity contribution is 0.131. The van der Waals surface area contributed by atoms with Crippen LogP contribution in [0.4, 0.5) is 5.69 Å². The molecule has 0 aromatic heterocycles. The molecule has 31 heavy (non-hydrogen) atoms. The van der Waals surface area contributed by atoms with Crippen molar-refractivity contribution in [2.45, 2.75) is 44.0 Å². The molecule has 0 saturated carbocycles. The Kier molecular flexibility index (Phi) is 6.81. The zero-order chi connectivity index (χ0) is 21.8. The molecule has 1 fully saturated rings. The second kappa shape index (κ2) is 9.56. The molecule has 1 saturated heterocycles. The summed E-state index contributed by atoms with van der Waals surface area (Å²) < 4.78 is 39.1. The van der Waals surface area contributed by atoms with Gasteiger partial charge in [-0.1, -0.05) is 18.2 Å². The summed E-state index contributed by atoms with van der Waals surface area (Å²) in [4.78, 5) is 2.75. The van der Waals surface area contributed by atoms with Crippen LogP contribution in [0.15, 0.2) is 47.4 Å². The number of hydrogen-bond acceptors (Lipinski definition) is 6. The number of fused-ring (bicyclic) bond motifs is 1. The maximum Gasteiger partial charge on any atom is 0.244 e. The summed E-state index contributed by atoms with van der Waals surface area (Å²) >= 11 is 0. The first-order chi connectivity index (χ1) is 15.0. The second-order valence-corrected chi connectivity index (χ2v) is 9.82. The Balaban J connectivity index is 1.36. The average Bonchev–Trinajstić information content (AvgIpc) is 2.78. The number of hydrogen-bond donors (Lipinski definition) is 2. The van der Waals surface area contributed by atoms with Gasteiger partial charge in [-0.25, -0.2) is 8.42 Å². The van der Waals surface area contributed by atoms with Gasteiger partial charge in [0, 0.05) is 18.7 Å². The van der Waals surface area contributed by atoms with Gasteiger partial charge in [-0.15, -0.1) is 0 Å². The molecule has 4 rings (SSSR count). The van der Waals surface area contributed by atoms with Crippen molar-refractivity contribution in [2.24, 2.45) is 5.92 Å². The third kappa shape index (κ3) is 5.03. The second-order valence-electron chi connectivity index (χ2n) is 8.14. The van der Waals surface area contributed by atoms with Crippen LogP contribution in [-0.4, -0.2) is 46.3 Å². The summed E-state index contributed by atoms with van der Waals surface area (Å²) in [5, 5.41) is 3.39. The van der Waals surface area contributed by atoms with E-state index in [1.54, 1.807) is 19.2 Å². The monoisotopic (exact) mass is 445 g/mol. The SMILES string of the molecule is CCOCc1cc(CN2CCC(C3Nc4ccccc4S(=O)(=O)N3)CC2)ccc1OC. The number of anilines is 1. The number of nitrogens with zero attached hydrogens (tertiary/aromatic N) is 1. The zero-order valence-corrected chi connectivity index (χ0v) is 19.0. The minimum atomic E-state index is -3.47. The molecular weight excluding hydrogens is 414 g/mol. The quantitative estimate of drug-likeness (QED) is 0.682. The van der Waals surface area contributed by atoms with Crippen LogP contribution in [0.1, 0.15) is 30.9 Å². The molecule has 2 heterocycles. The molecule has 168 valence electrons. The fourth-order valence-corrected chi connectivity index (χ4v) is 5.81. The third-order valence-corrected chi connectivity index (χ3v) is 7.59. The summed E-state index contributed by atoms with van der Waals surface area (Å²) in [5.41, 5.74) is 2.99. The molecule has 1 atom stereocenters. The highest BCUT2D eigenvalue weighted by Crippen LogP contribution is 2.31. The number of sulfonamides is 1. The average molecular weight is 446 g/mol. The van der Waals surface area contributed by atoms with E-state index in [-0.39, 0.29) is 12.1 Å². The van der Waals surface area contributed by atoms with Crippen molar-refractivity contribution in [3.63, 3.8) is 0 Å². The normalized spacial score (nSPS) is 21.3. The van der Waals surface area contributed by atoms with Gasteiger partial charge in [-0.05, 0) is 68.6 Å². The molecule has 0 amide bonds. The van der Waals surface area contributed by atoms with Gasteiger partial charge < -0.3 is 14.8 Å². The van der Waals surface area contributed by atoms with Gasteiger partial charge in [-0.2, -0.15) is 4.72 Å². The van der Waals surface area contributed by atoms with Gasteiger partial charge in [0.25, 0.3) is 0 Å². The number of rotatable bonds is 7. The van der Waals surface area contributed by atoms with Crippen LogP contribution in [0, 0.1) is 5.92 Å². The van der Waals surface area contributed by atoms with Crippen LogP contribution in [0.5, 0.6) is 5.75 Å². The highest BCUT2D eigenvalue weighted by Gasteiger charge is 2.35. The largest absolute Gasteiger partial charge is 0.496 e. The lowest BCUT2D eigenvalue weighted by Gasteiger charge is -2.39. The van der Waals surface area contributed by atoms with Gasteiger partial charge in [0.15, 0.2) is 0 Å². The van der Waals surface area contributed by atoms with Crippen LogP contribution >= 0.6 is 0 Å². The first kappa shape index (κ1) is 22.1. The standard InChI is InChI=1S/C23H31N3O4S/c1-3-30-16-19-14-17(8-9-21(19)29-2)15-26-12-10-18(11-13-26)23-24-20-6-4-5-7-22(20)31(27,28)25-23/h4-9,14,18,23-25H,3,10-13,15-16H2,1-2H3. The molecule has 1 unspecified atom stereocenters. The van der Waals surface area contributed by atoms with E-state index in [0.717, 1.165) is 43.8 Å². The predicted octanol–water partition coefficient (Wildman–Crippen LogP) is 3.17. The molecule has 0 bridgehead atoms. The van der Waals surface area contributed by atoms with E-state index < -0.39 is 10.0 Å². The minimum absolute atomic E-state index is 0.253. The summed E-state index contributed by atoms with van der Waals surface area (Å²) in [5.74, 6) is 1.11. The van der Waals surface area contributed by atoms with Crippen molar-refractivity contribution in [1.29, 1.82) is 0 Å². The highest BCUT2D eigenvalue weighted by atomic mass is 32.2. The summed E-state index contributed by atoms with van der Waals surface area (Å²) in [7, 11) is -1.79. The number of benzene rings is 2. The van der Waals surface area contributed by atoms with E-state index in [1.807, 2.05) is 25.1 Å². The Labute approximate surface area is 184 Å². The molecule has 2 aliphatic rings. The first-order valence-electron chi connectivity index (χ1n) is 10.8. The number of ether oxygens (including phenoxy) is 2. The lowest BCUT2D eigenvalue weighted by Crippen LogP contribution is -2.51. The zero-order valence-electron chi connectivity index (χ0n) is 18.1. The summed E-state index contributed by atoms with van der Waals surface area (Å²) in [6.07, 6.45) is 1.61. The molecular formula is C23H31N3O4S. The van der Waals surface area contributed by atoms with Crippen LogP contribution in [0.2, 0.25) is 0 Å². The lowest BCUT2D eigenvalue weighted by atomic mass is 9.93. The maximum atomic E-state index is 12.6. The molecule has 2 aromatic carbocycles.